The molecule has 0 aromatic heterocycles. The largest absolute Gasteiger partial charge is 0.476 e. The third-order valence-corrected chi connectivity index (χ3v) is 1.55. The van der Waals surface area contributed by atoms with Crippen molar-refractivity contribution in [2.24, 2.45) is 10.9 Å². The number of para-hydroxylation sites is 1. The van der Waals surface area contributed by atoms with Gasteiger partial charge in [0.15, 0.2) is 5.71 Å². The standard InChI is InChI=1S/C8H9N3O2/c9-6-4-2-1-3-5(6)7(11-10)8(12)13/h1-4H,9-10H2,(H,12,13)/b11-7-. The molecule has 0 bridgehead atoms. The number of hydrazone groups is 1. The van der Waals surface area contributed by atoms with E-state index >= 15 is 0 Å². The Kier molecular flexibility index (Phi) is 2.49. The van der Waals surface area contributed by atoms with Crippen LogP contribution < -0.4 is 11.6 Å². The second-order valence-corrected chi connectivity index (χ2v) is 2.37. The van der Waals surface area contributed by atoms with Gasteiger partial charge in [0.05, 0.1) is 0 Å². The van der Waals surface area contributed by atoms with Gasteiger partial charge >= 0.3 is 5.97 Å². The van der Waals surface area contributed by atoms with Gasteiger partial charge in [0.2, 0.25) is 0 Å². The molecule has 1 aromatic rings. The molecule has 5 nitrogen and oxygen atoms in total. The molecule has 0 atom stereocenters. The molecule has 0 unspecified atom stereocenters. The van der Waals surface area contributed by atoms with E-state index in [0.717, 1.165) is 0 Å². The first-order valence-corrected chi connectivity index (χ1v) is 3.53. The Morgan fingerprint density at radius 3 is 2.46 bits per heavy atom. The number of hydrogen-bond acceptors (Lipinski definition) is 4. The fourth-order valence-corrected chi connectivity index (χ4v) is 0.953. The van der Waals surface area contributed by atoms with Crippen LogP contribution >= 0.6 is 0 Å². The van der Waals surface area contributed by atoms with Crippen LogP contribution in [0.1, 0.15) is 5.56 Å². The summed E-state index contributed by atoms with van der Waals surface area (Å²) in [7, 11) is 0. The summed E-state index contributed by atoms with van der Waals surface area (Å²) in [5.41, 5.74) is 5.97. The minimum atomic E-state index is -1.19. The zero-order valence-corrected chi connectivity index (χ0v) is 6.77. The van der Waals surface area contributed by atoms with Gasteiger partial charge in [-0.15, -0.1) is 0 Å². The number of rotatable bonds is 2. The fraction of sp³-hybridized carbons (Fsp3) is 0. The van der Waals surface area contributed by atoms with Crippen LogP contribution in [0.3, 0.4) is 0 Å². The highest BCUT2D eigenvalue weighted by atomic mass is 16.4. The number of carboxylic acids is 1. The maximum atomic E-state index is 10.6. The zero-order chi connectivity index (χ0) is 9.84. The average Bonchev–Trinajstić information content (AvgIpc) is 2.09. The maximum Gasteiger partial charge on any atom is 0.357 e. The molecule has 0 heterocycles. The summed E-state index contributed by atoms with van der Waals surface area (Å²) >= 11 is 0. The SMILES string of the molecule is N/N=C(\C(=O)O)c1ccccc1N. The third-order valence-electron chi connectivity index (χ3n) is 1.55. The lowest BCUT2D eigenvalue weighted by atomic mass is 10.1. The van der Waals surface area contributed by atoms with E-state index < -0.39 is 5.97 Å². The Morgan fingerprint density at radius 1 is 1.38 bits per heavy atom. The molecule has 0 saturated carbocycles. The highest BCUT2D eigenvalue weighted by Gasteiger charge is 2.13. The van der Waals surface area contributed by atoms with E-state index in [9.17, 15) is 4.79 Å². The molecule has 0 spiro atoms. The van der Waals surface area contributed by atoms with Crippen molar-refractivity contribution < 1.29 is 9.90 Å². The van der Waals surface area contributed by atoms with Gasteiger partial charge in [-0.05, 0) is 6.07 Å². The van der Waals surface area contributed by atoms with Gasteiger partial charge in [0.1, 0.15) is 0 Å². The number of nitrogen functional groups attached to an aromatic ring is 1. The van der Waals surface area contributed by atoms with Gasteiger partial charge in [-0.2, -0.15) is 5.10 Å². The summed E-state index contributed by atoms with van der Waals surface area (Å²) in [5.74, 6) is 3.73. The highest BCUT2D eigenvalue weighted by Crippen LogP contribution is 2.11. The van der Waals surface area contributed by atoms with Gasteiger partial charge in [0, 0.05) is 11.3 Å². The van der Waals surface area contributed by atoms with E-state index in [1.54, 1.807) is 24.3 Å². The van der Waals surface area contributed by atoms with Crippen molar-refractivity contribution in [3.05, 3.63) is 29.8 Å². The Balaban J connectivity index is 3.21. The van der Waals surface area contributed by atoms with Gasteiger partial charge < -0.3 is 16.7 Å². The number of nitrogens with two attached hydrogens (primary N) is 2. The quantitative estimate of drug-likeness (QED) is 0.257. The second kappa shape index (κ2) is 3.57. The number of anilines is 1. The Hall–Kier alpha value is -2.04. The van der Waals surface area contributed by atoms with E-state index in [1.807, 2.05) is 0 Å². The Morgan fingerprint density at radius 2 is 2.00 bits per heavy atom. The van der Waals surface area contributed by atoms with Gasteiger partial charge in [-0.1, -0.05) is 18.2 Å². The van der Waals surface area contributed by atoms with Crippen LogP contribution in [-0.4, -0.2) is 16.8 Å². The average molecular weight is 179 g/mol. The van der Waals surface area contributed by atoms with E-state index in [1.165, 1.54) is 0 Å². The molecule has 0 saturated heterocycles. The van der Waals surface area contributed by atoms with E-state index in [4.69, 9.17) is 16.7 Å². The van der Waals surface area contributed by atoms with Crippen LogP contribution in [0, 0.1) is 0 Å². The van der Waals surface area contributed by atoms with Gasteiger partial charge in [0.25, 0.3) is 0 Å². The number of nitrogens with zero attached hydrogens (tertiary/aromatic N) is 1. The first-order valence-electron chi connectivity index (χ1n) is 3.53. The molecule has 0 aliphatic rings. The minimum Gasteiger partial charge on any atom is -0.476 e. The molecule has 0 amide bonds. The monoisotopic (exact) mass is 179 g/mol. The molecule has 1 aromatic carbocycles. The Bertz CT molecular complexity index is 360. The predicted octanol–water partition coefficient (Wildman–Crippen LogP) is 0.0162. The number of carboxylic acid groups (broad SMARTS) is 1. The smallest absolute Gasteiger partial charge is 0.357 e. The van der Waals surface area contributed by atoms with E-state index in [-0.39, 0.29) is 5.71 Å². The van der Waals surface area contributed by atoms with Crippen LogP contribution in [-0.2, 0) is 4.79 Å². The molecule has 0 aliphatic heterocycles. The molecule has 0 aliphatic carbocycles. The van der Waals surface area contributed by atoms with Crippen molar-refractivity contribution in [3.63, 3.8) is 0 Å². The highest BCUT2D eigenvalue weighted by molar-refractivity contribution is 6.43. The maximum absolute atomic E-state index is 10.6. The lowest BCUT2D eigenvalue weighted by Crippen LogP contribution is -2.17. The summed E-state index contributed by atoms with van der Waals surface area (Å²) in [6, 6.07) is 6.51. The van der Waals surface area contributed by atoms with Crippen LogP contribution in [0.5, 0.6) is 0 Å². The molecule has 0 fully saturated rings. The van der Waals surface area contributed by atoms with Crippen molar-refractivity contribution in [2.75, 3.05) is 5.73 Å². The van der Waals surface area contributed by atoms with Crippen LogP contribution in [0.25, 0.3) is 0 Å². The van der Waals surface area contributed by atoms with E-state index in [0.29, 0.717) is 11.3 Å². The van der Waals surface area contributed by atoms with Crippen LogP contribution in [0.2, 0.25) is 0 Å². The summed E-state index contributed by atoms with van der Waals surface area (Å²) in [4.78, 5) is 10.6. The molecule has 13 heavy (non-hydrogen) atoms. The lowest BCUT2D eigenvalue weighted by molar-refractivity contribution is -0.129. The van der Waals surface area contributed by atoms with Crippen molar-refractivity contribution >= 4 is 17.4 Å². The minimum absolute atomic E-state index is 0.238. The van der Waals surface area contributed by atoms with Crippen molar-refractivity contribution in [1.82, 2.24) is 0 Å². The summed E-state index contributed by atoms with van der Waals surface area (Å²) in [5, 5.41) is 11.8. The first kappa shape index (κ1) is 9.05. The zero-order valence-electron chi connectivity index (χ0n) is 6.77. The number of benzene rings is 1. The van der Waals surface area contributed by atoms with Gasteiger partial charge in [-0.25, -0.2) is 4.79 Å². The second-order valence-electron chi connectivity index (χ2n) is 2.37. The number of hydrogen-bond donors (Lipinski definition) is 3. The molecule has 5 N–H and O–H groups in total. The van der Waals surface area contributed by atoms with E-state index in [2.05, 4.69) is 5.10 Å². The molecule has 1 rings (SSSR count). The third kappa shape index (κ3) is 1.76. The van der Waals surface area contributed by atoms with Crippen molar-refractivity contribution in [1.29, 1.82) is 0 Å². The molecule has 0 radical (unpaired) electrons. The molecule has 5 heteroatoms. The topological polar surface area (TPSA) is 102 Å². The summed E-state index contributed by atoms with van der Waals surface area (Å²) in [6.07, 6.45) is 0. The van der Waals surface area contributed by atoms with Crippen molar-refractivity contribution in [3.8, 4) is 0 Å². The summed E-state index contributed by atoms with van der Waals surface area (Å²) < 4.78 is 0. The number of carbonyl (C=O) groups is 1. The van der Waals surface area contributed by atoms with Crippen LogP contribution in [0.15, 0.2) is 29.4 Å². The summed E-state index contributed by atoms with van der Waals surface area (Å²) in [6.45, 7) is 0. The fourth-order valence-electron chi connectivity index (χ4n) is 0.953. The Labute approximate surface area is 74.7 Å². The first-order chi connectivity index (χ1) is 6.16. The predicted molar refractivity (Wildman–Crippen MR) is 49.2 cm³/mol. The van der Waals surface area contributed by atoms with Crippen molar-refractivity contribution in [2.45, 2.75) is 0 Å². The molecular weight excluding hydrogens is 170 g/mol. The van der Waals surface area contributed by atoms with Crippen LogP contribution in [0.4, 0.5) is 5.69 Å². The number of aliphatic carboxylic acids is 1. The lowest BCUT2D eigenvalue weighted by Gasteiger charge is -2.02. The normalized spacial score (nSPS) is 11.2. The molecular formula is C8H9N3O2. The van der Waals surface area contributed by atoms with Gasteiger partial charge in [-0.3, -0.25) is 0 Å². The molecule has 68 valence electrons.